The number of nitrogens with one attached hydrogen (secondary N) is 2. The largest absolute Gasteiger partial charge is 0.383 e. The lowest BCUT2D eigenvalue weighted by atomic mass is 10.0. The predicted octanol–water partition coefficient (Wildman–Crippen LogP) is 5.44. The van der Waals surface area contributed by atoms with Gasteiger partial charge in [-0.2, -0.15) is 0 Å². The number of aromatic nitrogens is 3. The van der Waals surface area contributed by atoms with Crippen LogP contribution in [0.3, 0.4) is 0 Å². The molecule has 8 nitrogen and oxygen atoms in total. The van der Waals surface area contributed by atoms with Crippen molar-refractivity contribution in [3.63, 3.8) is 0 Å². The lowest BCUT2D eigenvalue weighted by molar-refractivity contribution is 0.256. The molecule has 0 aliphatic carbocycles. The normalized spacial score (nSPS) is 13.0. The van der Waals surface area contributed by atoms with E-state index in [9.17, 15) is 9.18 Å². The van der Waals surface area contributed by atoms with Crippen LogP contribution in [0.4, 0.5) is 38.0 Å². The van der Waals surface area contributed by atoms with Gasteiger partial charge in [0.1, 0.15) is 29.6 Å². The number of benzene rings is 2. The molecule has 0 bridgehead atoms. The highest BCUT2D eigenvalue weighted by molar-refractivity contribution is 6.30. The maximum absolute atomic E-state index is 14.4. The van der Waals surface area contributed by atoms with Gasteiger partial charge < -0.3 is 16.4 Å². The summed E-state index contributed by atoms with van der Waals surface area (Å²) in [7, 11) is 0. The van der Waals surface area contributed by atoms with Crippen LogP contribution in [0.25, 0.3) is 10.8 Å². The Morgan fingerprint density at radius 1 is 1.15 bits per heavy atom. The molecule has 0 radical (unpaired) electrons. The molecule has 0 spiro atoms. The minimum atomic E-state index is -0.489. The topological polar surface area (TPSA) is 109 Å². The van der Waals surface area contributed by atoms with Crippen LogP contribution >= 0.6 is 11.6 Å². The molecule has 2 aromatic heterocycles. The molecule has 0 saturated heterocycles. The van der Waals surface area contributed by atoms with Gasteiger partial charge in [0.2, 0.25) is 0 Å². The average Bonchev–Trinajstić information content (AvgIpc) is 2.82. The van der Waals surface area contributed by atoms with Gasteiger partial charge in [-0.3, -0.25) is 4.90 Å². The first kappa shape index (κ1) is 21.8. The van der Waals surface area contributed by atoms with E-state index < -0.39 is 5.82 Å². The molecule has 2 aromatic carbocycles. The van der Waals surface area contributed by atoms with Gasteiger partial charge in [0.25, 0.3) is 0 Å². The second-order valence-electron chi connectivity index (χ2n) is 8.01. The molecule has 2 amide bonds. The number of hydrogen-bond donors (Lipinski definition) is 3. The van der Waals surface area contributed by atoms with Crippen LogP contribution in [-0.4, -0.2) is 27.5 Å². The number of urea groups is 1. The van der Waals surface area contributed by atoms with E-state index in [0.717, 1.165) is 34.7 Å². The summed E-state index contributed by atoms with van der Waals surface area (Å²) in [5, 5.41) is 7.85. The molecule has 1 aliphatic rings. The van der Waals surface area contributed by atoms with Gasteiger partial charge in [0.15, 0.2) is 0 Å². The smallest absolute Gasteiger partial charge is 0.327 e. The molecule has 3 heterocycles. The van der Waals surface area contributed by atoms with Gasteiger partial charge in [-0.25, -0.2) is 24.1 Å². The molecular formula is C24H21ClFN7O. The number of carbonyl (C=O) groups is 1. The van der Waals surface area contributed by atoms with E-state index in [-0.39, 0.29) is 11.7 Å². The van der Waals surface area contributed by atoms with Crippen molar-refractivity contribution in [3.8, 4) is 0 Å². The molecule has 1 aliphatic heterocycles. The number of hydrogen-bond acceptors (Lipinski definition) is 6. The summed E-state index contributed by atoms with van der Waals surface area (Å²) in [6.07, 6.45) is 4.46. The van der Waals surface area contributed by atoms with Gasteiger partial charge in [0, 0.05) is 34.1 Å². The summed E-state index contributed by atoms with van der Waals surface area (Å²) in [5.41, 5.74) is 8.53. The lowest BCUT2D eigenvalue weighted by Gasteiger charge is -2.29. The zero-order chi connectivity index (χ0) is 23.8. The molecule has 34 heavy (non-hydrogen) atoms. The Bertz CT molecular complexity index is 1430. The molecule has 4 N–H and O–H groups in total. The van der Waals surface area contributed by atoms with E-state index in [1.165, 1.54) is 12.4 Å². The Morgan fingerprint density at radius 2 is 2.00 bits per heavy atom. The molecule has 0 unspecified atom stereocenters. The number of fused-ring (bicyclic) bond motifs is 2. The number of nitrogens with zero attached hydrogens (tertiary/aromatic N) is 4. The van der Waals surface area contributed by atoms with Crippen LogP contribution in [0.1, 0.15) is 17.5 Å². The number of halogens is 2. The molecule has 0 fully saturated rings. The highest BCUT2D eigenvalue weighted by Crippen LogP contribution is 2.34. The number of aryl methyl sites for hydroxylation is 1. The fourth-order valence-electron chi connectivity index (χ4n) is 4.13. The minimum Gasteiger partial charge on any atom is -0.383 e. The standard InChI is InChI=1S/C24H21ClFN7O/c1-13-4-6-16-15(8-9-28-22(16)31-19-7-5-14(25)11-18(19)26)20(13)32-24(34)33-10-2-3-17-21(27)29-12-30-23(17)33/h4-9,11-12H,2-3,10H2,1H3,(H,28,31)(H,32,34)(H2,27,29,30). The van der Waals surface area contributed by atoms with Crippen molar-refractivity contribution >= 4 is 57.2 Å². The van der Waals surface area contributed by atoms with Gasteiger partial charge in [-0.15, -0.1) is 0 Å². The number of rotatable bonds is 3. The second-order valence-corrected chi connectivity index (χ2v) is 8.44. The molecule has 0 atom stereocenters. The highest BCUT2D eigenvalue weighted by atomic mass is 35.5. The number of carbonyl (C=O) groups excluding carboxylic acids is 1. The average molecular weight is 478 g/mol. The Kier molecular flexibility index (Phi) is 5.62. The lowest BCUT2D eigenvalue weighted by Crippen LogP contribution is -2.39. The number of amides is 2. The molecule has 172 valence electrons. The molecular weight excluding hydrogens is 457 g/mol. The predicted molar refractivity (Wildman–Crippen MR) is 132 cm³/mol. The van der Waals surface area contributed by atoms with E-state index >= 15 is 0 Å². The quantitative estimate of drug-likeness (QED) is 0.362. The Labute approximate surface area is 200 Å². The van der Waals surface area contributed by atoms with E-state index in [1.54, 1.807) is 23.2 Å². The molecule has 0 saturated carbocycles. The Hall–Kier alpha value is -3.98. The highest BCUT2D eigenvalue weighted by Gasteiger charge is 2.26. The fraction of sp³-hybridized carbons (Fsp3) is 0.167. The van der Waals surface area contributed by atoms with Crippen molar-refractivity contribution in [1.82, 2.24) is 15.0 Å². The SMILES string of the molecule is Cc1ccc2c(Nc3ccc(Cl)cc3F)nccc2c1NC(=O)N1CCCc2c(N)ncnc21. The van der Waals surface area contributed by atoms with Gasteiger partial charge in [-0.1, -0.05) is 23.7 Å². The van der Waals surface area contributed by atoms with E-state index in [4.69, 9.17) is 17.3 Å². The first-order valence-corrected chi connectivity index (χ1v) is 11.1. The van der Waals surface area contributed by atoms with Crippen molar-refractivity contribution in [2.45, 2.75) is 19.8 Å². The van der Waals surface area contributed by atoms with Crippen LogP contribution in [0, 0.1) is 12.7 Å². The van der Waals surface area contributed by atoms with E-state index in [1.807, 2.05) is 25.1 Å². The van der Waals surface area contributed by atoms with Gasteiger partial charge in [0.05, 0.1) is 11.4 Å². The second kappa shape index (κ2) is 8.75. The van der Waals surface area contributed by atoms with E-state index in [2.05, 4.69) is 25.6 Å². The van der Waals surface area contributed by atoms with Crippen LogP contribution in [-0.2, 0) is 6.42 Å². The van der Waals surface area contributed by atoms with Crippen LogP contribution < -0.4 is 21.3 Å². The summed E-state index contributed by atoms with van der Waals surface area (Å²) >= 11 is 5.86. The van der Waals surface area contributed by atoms with Crippen molar-refractivity contribution in [2.24, 2.45) is 0 Å². The van der Waals surface area contributed by atoms with Gasteiger partial charge >= 0.3 is 6.03 Å². The van der Waals surface area contributed by atoms with Crippen LogP contribution in [0.15, 0.2) is 48.9 Å². The summed E-state index contributed by atoms with van der Waals surface area (Å²) in [6.45, 7) is 2.43. The van der Waals surface area contributed by atoms with Crippen molar-refractivity contribution in [2.75, 3.05) is 27.8 Å². The van der Waals surface area contributed by atoms with Crippen molar-refractivity contribution in [1.29, 1.82) is 0 Å². The molecule has 4 aromatic rings. The zero-order valence-corrected chi connectivity index (χ0v) is 19.0. The maximum Gasteiger partial charge on any atom is 0.327 e. The minimum absolute atomic E-state index is 0.248. The first-order valence-electron chi connectivity index (χ1n) is 10.7. The number of nitrogens with two attached hydrogens (primary N) is 1. The monoisotopic (exact) mass is 477 g/mol. The van der Waals surface area contributed by atoms with Crippen LogP contribution in [0.2, 0.25) is 5.02 Å². The summed E-state index contributed by atoms with van der Waals surface area (Å²) in [6, 6.07) is 9.64. The number of pyridine rings is 1. The van der Waals surface area contributed by atoms with Crippen LogP contribution in [0.5, 0.6) is 0 Å². The number of anilines is 5. The third kappa shape index (κ3) is 3.94. The Morgan fingerprint density at radius 3 is 2.82 bits per heavy atom. The Balaban J connectivity index is 1.50. The zero-order valence-electron chi connectivity index (χ0n) is 18.3. The molecule has 10 heteroatoms. The summed E-state index contributed by atoms with van der Waals surface area (Å²) in [5.74, 6) is 0.881. The van der Waals surface area contributed by atoms with E-state index in [0.29, 0.717) is 34.7 Å². The van der Waals surface area contributed by atoms with Crippen molar-refractivity contribution < 1.29 is 9.18 Å². The number of nitrogen functional groups attached to an aromatic ring is 1. The summed E-state index contributed by atoms with van der Waals surface area (Å²) in [4.78, 5) is 27.6. The van der Waals surface area contributed by atoms with Crippen molar-refractivity contribution in [3.05, 3.63) is 70.9 Å². The molecule has 5 rings (SSSR count). The van der Waals surface area contributed by atoms with Gasteiger partial charge in [-0.05, 0) is 49.6 Å². The summed E-state index contributed by atoms with van der Waals surface area (Å²) < 4.78 is 14.4. The first-order chi connectivity index (χ1) is 16.4. The third-order valence-electron chi connectivity index (χ3n) is 5.84. The fourth-order valence-corrected chi connectivity index (χ4v) is 4.29. The maximum atomic E-state index is 14.4. The third-order valence-corrected chi connectivity index (χ3v) is 6.07.